The van der Waals surface area contributed by atoms with Gasteiger partial charge in [-0.05, 0) is 64.2 Å². The lowest BCUT2D eigenvalue weighted by Gasteiger charge is -2.41. The number of ether oxygens (including phenoxy) is 3. The van der Waals surface area contributed by atoms with Gasteiger partial charge in [-0.1, -0.05) is 339 Å². The third-order valence-corrected chi connectivity index (χ3v) is 17.7. The van der Waals surface area contributed by atoms with Crippen molar-refractivity contribution < 1.29 is 49.3 Å². The van der Waals surface area contributed by atoms with Crippen LogP contribution in [0.15, 0.2) is 48.6 Å². The van der Waals surface area contributed by atoms with Crippen molar-refractivity contribution in [2.75, 3.05) is 13.2 Å². The predicted octanol–water partition coefficient (Wildman–Crippen LogP) is 19.5. The van der Waals surface area contributed by atoms with Crippen molar-refractivity contribution in [1.82, 2.24) is 5.32 Å². The van der Waals surface area contributed by atoms with E-state index in [1.165, 1.54) is 238 Å². The van der Waals surface area contributed by atoms with E-state index >= 15 is 0 Å². The number of aliphatic hydroxyl groups excluding tert-OH is 5. The van der Waals surface area contributed by atoms with E-state index in [2.05, 4.69) is 62.5 Å². The van der Waals surface area contributed by atoms with Crippen LogP contribution >= 0.6 is 0 Å². The molecular formula is C76H141NO10. The van der Waals surface area contributed by atoms with E-state index < -0.39 is 67.4 Å². The summed E-state index contributed by atoms with van der Waals surface area (Å²) in [5, 5.41) is 57.3. The molecule has 0 saturated carbocycles. The lowest BCUT2D eigenvalue weighted by Crippen LogP contribution is -2.61. The third kappa shape index (κ3) is 50.9. The second kappa shape index (κ2) is 63.8. The van der Waals surface area contributed by atoms with Crippen molar-refractivity contribution in [2.45, 2.75) is 410 Å². The fourth-order valence-corrected chi connectivity index (χ4v) is 11.8. The minimum absolute atomic E-state index is 0.128. The molecule has 87 heavy (non-hydrogen) atoms. The van der Waals surface area contributed by atoms with Gasteiger partial charge in [-0.25, -0.2) is 0 Å². The van der Waals surface area contributed by atoms with Gasteiger partial charge >= 0.3 is 5.97 Å². The Bertz CT molecular complexity index is 1600. The SMILES string of the molecule is CCCCC/C=C\C/C=C\C/C=C\CCCCCCCCCCCC(O)C(=O)NC(COC1OC(CO)C(O)C(O)C1OC(=O)CCCCCCCCCCCCCCCCCCCCCCCCC)C(O)/C=C/CCCCCCCCCCCCC. The van der Waals surface area contributed by atoms with E-state index in [9.17, 15) is 35.1 Å². The van der Waals surface area contributed by atoms with Crippen LogP contribution in [0.1, 0.15) is 361 Å². The maximum absolute atomic E-state index is 13.5. The number of hydrogen-bond donors (Lipinski definition) is 6. The van der Waals surface area contributed by atoms with E-state index in [4.69, 9.17) is 14.2 Å². The second-order valence-electron chi connectivity index (χ2n) is 26.0. The first-order valence-electron chi connectivity index (χ1n) is 37.4. The summed E-state index contributed by atoms with van der Waals surface area (Å²) in [6.07, 6.45) is 70.1. The van der Waals surface area contributed by atoms with Crippen molar-refractivity contribution in [3.05, 3.63) is 48.6 Å². The summed E-state index contributed by atoms with van der Waals surface area (Å²) in [4.78, 5) is 26.7. The van der Waals surface area contributed by atoms with Crippen LogP contribution in [0, 0.1) is 0 Å². The number of amides is 1. The molecule has 510 valence electrons. The molecule has 1 heterocycles. The zero-order chi connectivity index (χ0) is 63.1. The number of hydrogen-bond acceptors (Lipinski definition) is 10. The molecule has 1 fully saturated rings. The number of rotatable bonds is 65. The van der Waals surface area contributed by atoms with Crippen LogP contribution in [-0.4, -0.2) is 99.6 Å². The molecule has 0 radical (unpaired) electrons. The highest BCUT2D eigenvalue weighted by atomic mass is 16.7. The van der Waals surface area contributed by atoms with E-state index in [1.807, 2.05) is 6.08 Å². The minimum atomic E-state index is -1.61. The van der Waals surface area contributed by atoms with Crippen molar-refractivity contribution in [2.24, 2.45) is 0 Å². The minimum Gasteiger partial charge on any atom is -0.454 e. The van der Waals surface area contributed by atoms with E-state index in [0.717, 1.165) is 77.0 Å². The van der Waals surface area contributed by atoms with Crippen LogP contribution < -0.4 is 5.32 Å². The average Bonchev–Trinajstić information content (AvgIpc) is 2.25. The van der Waals surface area contributed by atoms with Crippen molar-refractivity contribution >= 4 is 11.9 Å². The van der Waals surface area contributed by atoms with Gasteiger partial charge in [0.25, 0.3) is 0 Å². The molecule has 11 heteroatoms. The van der Waals surface area contributed by atoms with Gasteiger partial charge < -0.3 is 45.1 Å². The molecule has 0 aliphatic carbocycles. The fourth-order valence-electron chi connectivity index (χ4n) is 11.8. The molecule has 11 nitrogen and oxygen atoms in total. The molecule has 8 atom stereocenters. The number of nitrogens with one attached hydrogen (secondary N) is 1. The maximum Gasteiger partial charge on any atom is 0.306 e. The molecule has 1 aliphatic rings. The number of allylic oxidation sites excluding steroid dienone is 7. The highest BCUT2D eigenvalue weighted by molar-refractivity contribution is 5.80. The molecule has 1 aliphatic heterocycles. The first-order chi connectivity index (χ1) is 42.7. The number of aliphatic hydroxyl groups is 5. The summed E-state index contributed by atoms with van der Waals surface area (Å²) >= 11 is 0. The summed E-state index contributed by atoms with van der Waals surface area (Å²) in [7, 11) is 0. The summed E-state index contributed by atoms with van der Waals surface area (Å²) in [6.45, 7) is 5.82. The Hall–Kier alpha value is -2.38. The first kappa shape index (κ1) is 82.6. The molecule has 0 aromatic heterocycles. The largest absolute Gasteiger partial charge is 0.454 e. The van der Waals surface area contributed by atoms with Crippen LogP contribution in [0.2, 0.25) is 0 Å². The highest BCUT2D eigenvalue weighted by Gasteiger charge is 2.47. The van der Waals surface area contributed by atoms with E-state index in [1.54, 1.807) is 6.08 Å². The zero-order valence-electron chi connectivity index (χ0n) is 56.9. The van der Waals surface area contributed by atoms with Crippen LogP contribution in [0.3, 0.4) is 0 Å². The topological polar surface area (TPSA) is 175 Å². The Morgan fingerprint density at radius 2 is 0.793 bits per heavy atom. The third-order valence-electron chi connectivity index (χ3n) is 17.7. The first-order valence-corrected chi connectivity index (χ1v) is 37.4. The Kier molecular flexibility index (Phi) is 60.6. The van der Waals surface area contributed by atoms with Gasteiger partial charge in [0.1, 0.15) is 24.4 Å². The Balaban J connectivity index is 2.56. The van der Waals surface area contributed by atoms with Crippen LogP contribution in [0.4, 0.5) is 0 Å². The number of carbonyl (C=O) groups is 2. The second-order valence-corrected chi connectivity index (χ2v) is 26.0. The molecule has 6 N–H and O–H groups in total. The van der Waals surface area contributed by atoms with Gasteiger partial charge in [-0.2, -0.15) is 0 Å². The fraction of sp³-hybridized carbons (Fsp3) is 0.868. The smallest absolute Gasteiger partial charge is 0.306 e. The Morgan fingerprint density at radius 3 is 1.21 bits per heavy atom. The van der Waals surface area contributed by atoms with E-state index in [0.29, 0.717) is 12.8 Å². The Morgan fingerprint density at radius 1 is 0.448 bits per heavy atom. The molecule has 0 aromatic rings. The average molecular weight is 1230 g/mol. The summed E-state index contributed by atoms with van der Waals surface area (Å²) in [5.74, 6) is -1.18. The van der Waals surface area contributed by atoms with Crippen molar-refractivity contribution in [1.29, 1.82) is 0 Å². The molecular weight excluding hydrogens is 1090 g/mol. The molecule has 8 unspecified atom stereocenters. The van der Waals surface area contributed by atoms with Gasteiger partial charge in [0.15, 0.2) is 12.4 Å². The summed E-state index contributed by atoms with van der Waals surface area (Å²) in [6, 6.07) is -1.03. The zero-order valence-corrected chi connectivity index (χ0v) is 56.9. The van der Waals surface area contributed by atoms with Crippen molar-refractivity contribution in [3.8, 4) is 0 Å². The molecule has 1 saturated heterocycles. The van der Waals surface area contributed by atoms with Gasteiger partial charge in [0.05, 0.1) is 25.4 Å². The monoisotopic (exact) mass is 1230 g/mol. The van der Waals surface area contributed by atoms with Gasteiger partial charge in [0, 0.05) is 6.42 Å². The Labute approximate surface area is 536 Å². The van der Waals surface area contributed by atoms with Gasteiger partial charge in [-0.15, -0.1) is 0 Å². The maximum atomic E-state index is 13.5. The number of carbonyl (C=O) groups excluding carboxylic acids is 2. The standard InChI is InChI=1S/C76H141NO10/c1-4-7-10-13-16-19-22-25-27-29-31-33-35-37-39-41-43-46-49-52-55-58-61-64-71(81)87-74-73(83)72(82)70(65-78)86-76(74)85-66-67(68(79)62-59-56-53-50-47-44-24-21-18-15-12-9-6-3)77-75(84)69(80)63-60-57-54-51-48-45-42-40-38-36-34-32-30-28-26-23-20-17-14-11-8-5-2/h17,20,26,28,32,34,59,62,67-70,72-74,76,78-80,82-83H,4-16,18-19,21-25,27,29-31,33,35-58,60-61,63-66H2,1-3H3,(H,77,84)/b20-17-,28-26-,34-32-,62-59+. The molecule has 0 aromatic carbocycles. The van der Waals surface area contributed by atoms with Gasteiger partial charge in [0.2, 0.25) is 5.91 Å². The number of unbranched alkanes of at least 4 members (excludes halogenated alkanes) is 45. The molecule has 0 spiro atoms. The van der Waals surface area contributed by atoms with Crippen LogP contribution in [0.25, 0.3) is 0 Å². The molecule has 0 bridgehead atoms. The summed E-state index contributed by atoms with van der Waals surface area (Å²) < 4.78 is 17.7. The lowest BCUT2D eigenvalue weighted by atomic mass is 9.99. The van der Waals surface area contributed by atoms with Gasteiger partial charge in [-0.3, -0.25) is 9.59 Å². The molecule has 1 amide bonds. The molecule has 1 rings (SSSR count). The summed E-state index contributed by atoms with van der Waals surface area (Å²) in [5.41, 5.74) is 0. The van der Waals surface area contributed by atoms with Crippen LogP contribution in [-0.2, 0) is 23.8 Å². The quantitative estimate of drug-likeness (QED) is 0.0195. The normalized spacial score (nSPS) is 18.5. The van der Waals surface area contributed by atoms with Crippen LogP contribution in [0.5, 0.6) is 0 Å². The van der Waals surface area contributed by atoms with E-state index in [-0.39, 0.29) is 19.4 Å². The number of esters is 1. The van der Waals surface area contributed by atoms with Crippen molar-refractivity contribution in [3.63, 3.8) is 0 Å². The predicted molar refractivity (Wildman–Crippen MR) is 366 cm³/mol. The highest BCUT2D eigenvalue weighted by Crippen LogP contribution is 2.27. The lowest BCUT2D eigenvalue weighted by molar-refractivity contribution is -0.305.